The van der Waals surface area contributed by atoms with Gasteiger partial charge in [-0.25, -0.2) is 4.79 Å². The van der Waals surface area contributed by atoms with Crippen LogP contribution in [0.4, 0.5) is 4.79 Å². The average Bonchev–Trinajstić information content (AvgIpc) is 2.90. The maximum atomic E-state index is 12.5. The number of halogens is 1. The van der Waals surface area contributed by atoms with Gasteiger partial charge in [0.1, 0.15) is 6.04 Å². The third kappa shape index (κ3) is 2.78. The Morgan fingerprint density at radius 1 is 1.08 bits per heavy atom. The van der Waals surface area contributed by atoms with Crippen molar-refractivity contribution in [2.45, 2.75) is 25.5 Å². The smallest absolute Gasteiger partial charge is 0.411 e. The zero-order chi connectivity index (χ0) is 17.3. The van der Waals surface area contributed by atoms with Gasteiger partial charge in [0.2, 0.25) is 5.24 Å². The molecule has 0 unspecified atom stereocenters. The monoisotopic (exact) mass is 343 g/mol. The van der Waals surface area contributed by atoms with E-state index in [1.165, 1.54) is 11.9 Å². The number of ether oxygens (including phenoxy) is 1. The summed E-state index contributed by atoms with van der Waals surface area (Å²) in [5, 5.41) is -0.566. The summed E-state index contributed by atoms with van der Waals surface area (Å²) in [4.78, 5) is 25.2. The van der Waals surface area contributed by atoms with Gasteiger partial charge in [-0.2, -0.15) is 0 Å². The first-order valence-corrected chi connectivity index (χ1v) is 8.23. The van der Waals surface area contributed by atoms with Crippen molar-refractivity contribution in [3.05, 3.63) is 59.7 Å². The number of likely N-dealkylation sites (N-methyl/N-ethyl adjacent to an activating group) is 1. The molecule has 2 aromatic rings. The van der Waals surface area contributed by atoms with Crippen molar-refractivity contribution >= 4 is 22.9 Å². The molecule has 1 atom stereocenters. The topological polar surface area (TPSA) is 46.6 Å². The number of amides is 1. The summed E-state index contributed by atoms with van der Waals surface area (Å²) in [7, 11) is 1.53. The quantitative estimate of drug-likeness (QED) is 0.774. The lowest BCUT2D eigenvalue weighted by Crippen LogP contribution is -2.41. The van der Waals surface area contributed by atoms with Crippen LogP contribution in [0, 0.1) is 0 Å². The van der Waals surface area contributed by atoms with Gasteiger partial charge >= 0.3 is 6.09 Å². The van der Waals surface area contributed by atoms with Gasteiger partial charge in [0.05, 0.1) is 0 Å². The van der Waals surface area contributed by atoms with Crippen LogP contribution in [0.1, 0.15) is 30.6 Å². The van der Waals surface area contributed by atoms with E-state index in [-0.39, 0.29) is 0 Å². The maximum Gasteiger partial charge on any atom is 0.411 e. The first kappa shape index (κ1) is 16.5. The first-order chi connectivity index (χ1) is 11.5. The summed E-state index contributed by atoms with van der Waals surface area (Å²) in [5.41, 5.74) is 4.03. The van der Waals surface area contributed by atoms with Crippen LogP contribution in [0.2, 0.25) is 0 Å². The van der Waals surface area contributed by atoms with Crippen LogP contribution in [0.5, 0.6) is 0 Å². The molecular formula is C19H18ClNO3. The molecule has 24 heavy (non-hydrogen) atoms. The van der Waals surface area contributed by atoms with Crippen molar-refractivity contribution in [3.8, 4) is 11.1 Å². The molecule has 0 aliphatic heterocycles. The van der Waals surface area contributed by atoms with Gasteiger partial charge in [-0.3, -0.25) is 9.69 Å². The molecule has 0 spiro atoms. The Hall–Kier alpha value is -2.33. The van der Waals surface area contributed by atoms with Crippen LogP contribution in [0.25, 0.3) is 11.1 Å². The summed E-state index contributed by atoms with van der Waals surface area (Å²) in [5.74, 6) is 0. The van der Waals surface area contributed by atoms with E-state index in [4.69, 9.17) is 16.3 Å². The SMILES string of the molecule is CC[C@H](C(=O)Cl)N(C)C(=O)OC1c2ccccc2-c2ccccc21. The van der Waals surface area contributed by atoms with Gasteiger partial charge in [0.15, 0.2) is 6.10 Å². The minimum Gasteiger partial charge on any atom is -0.436 e. The van der Waals surface area contributed by atoms with Gasteiger partial charge in [-0.05, 0) is 29.1 Å². The Labute approximate surface area is 146 Å². The number of benzene rings is 2. The van der Waals surface area contributed by atoms with Crippen molar-refractivity contribution in [1.29, 1.82) is 0 Å². The highest BCUT2D eigenvalue weighted by Crippen LogP contribution is 2.45. The summed E-state index contributed by atoms with van der Waals surface area (Å²) >= 11 is 5.57. The van der Waals surface area contributed by atoms with E-state index in [9.17, 15) is 9.59 Å². The summed E-state index contributed by atoms with van der Waals surface area (Å²) < 4.78 is 5.74. The molecule has 0 aromatic heterocycles. The van der Waals surface area contributed by atoms with Gasteiger partial charge < -0.3 is 4.74 Å². The average molecular weight is 344 g/mol. The Kier molecular flexibility index (Phi) is 4.58. The second-order valence-electron chi connectivity index (χ2n) is 5.78. The fourth-order valence-corrected chi connectivity index (χ4v) is 3.43. The maximum absolute atomic E-state index is 12.5. The van der Waals surface area contributed by atoms with Gasteiger partial charge in [-0.15, -0.1) is 0 Å². The standard InChI is InChI=1S/C19H18ClNO3/c1-3-16(18(20)22)21(2)19(23)24-17-14-10-6-4-8-12(14)13-9-5-7-11-15(13)17/h4-11,16-17H,3H2,1-2H3/t16-/m1/s1. The van der Waals surface area contributed by atoms with Gasteiger partial charge in [0, 0.05) is 18.2 Å². The molecule has 1 aliphatic rings. The van der Waals surface area contributed by atoms with Crippen molar-refractivity contribution in [2.75, 3.05) is 7.05 Å². The molecule has 0 N–H and O–H groups in total. The van der Waals surface area contributed by atoms with Crippen LogP contribution in [-0.4, -0.2) is 29.3 Å². The molecule has 4 nitrogen and oxygen atoms in total. The summed E-state index contributed by atoms with van der Waals surface area (Å²) in [6.07, 6.45) is -0.603. The van der Waals surface area contributed by atoms with Crippen LogP contribution in [-0.2, 0) is 9.53 Å². The van der Waals surface area contributed by atoms with Crippen LogP contribution < -0.4 is 0 Å². The highest BCUT2D eigenvalue weighted by Gasteiger charge is 2.33. The van der Waals surface area contributed by atoms with E-state index < -0.39 is 23.5 Å². The second kappa shape index (κ2) is 6.65. The van der Waals surface area contributed by atoms with Crippen molar-refractivity contribution in [3.63, 3.8) is 0 Å². The van der Waals surface area contributed by atoms with E-state index in [1.807, 2.05) is 48.5 Å². The van der Waals surface area contributed by atoms with Crippen molar-refractivity contribution in [1.82, 2.24) is 4.90 Å². The van der Waals surface area contributed by atoms with Crippen molar-refractivity contribution < 1.29 is 14.3 Å². The Bertz CT molecular complexity index is 744. The van der Waals surface area contributed by atoms with E-state index in [0.29, 0.717) is 6.42 Å². The first-order valence-electron chi connectivity index (χ1n) is 7.85. The van der Waals surface area contributed by atoms with Gasteiger partial charge in [-0.1, -0.05) is 55.5 Å². The zero-order valence-electron chi connectivity index (χ0n) is 13.5. The molecule has 0 radical (unpaired) electrons. The highest BCUT2D eigenvalue weighted by atomic mass is 35.5. The zero-order valence-corrected chi connectivity index (χ0v) is 14.3. The lowest BCUT2D eigenvalue weighted by molar-refractivity contribution is -0.115. The molecular weight excluding hydrogens is 326 g/mol. The van der Waals surface area contributed by atoms with E-state index in [2.05, 4.69) is 0 Å². The van der Waals surface area contributed by atoms with Crippen LogP contribution in [0.15, 0.2) is 48.5 Å². The number of rotatable bonds is 4. The Balaban J connectivity index is 1.90. The van der Waals surface area contributed by atoms with E-state index >= 15 is 0 Å². The lowest BCUT2D eigenvalue weighted by Gasteiger charge is -2.25. The lowest BCUT2D eigenvalue weighted by atomic mass is 10.1. The predicted octanol–water partition coefficient (Wildman–Crippen LogP) is 4.37. The number of carbonyl (C=O) groups is 2. The molecule has 2 aromatic carbocycles. The number of carbonyl (C=O) groups excluding carboxylic acids is 2. The molecule has 5 heteroatoms. The fourth-order valence-electron chi connectivity index (χ4n) is 3.13. The number of nitrogens with zero attached hydrogens (tertiary/aromatic N) is 1. The molecule has 0 fully saturated rings. The number of hydrogen-bond acceptors (Lipinski definition) is 3. The molecule has 3 rings (SSSR count). The highest BCUT2D eigenvalue weighted by molar-refractivity contribution is 6.64. The van der Waals surface area contributed by atoms with Crippen LogP contribution in [0.3, 0.4) is 0 Å². The fraction of sp³-hybridized carbons (Fsp3) is 0.263. The largest absolute Gasteiger partial charge is 0.436 e. The summed E-state index contributed by atoms with van der Waals surface area (Å²) in [6, 6.07) is 15.0. The molecule has 0 saturated carbocycles. The molecule has 0 heterocycles. The third-order valence-corrected chi connectivity index (χ3v) is 4.65. The molecule has 0 bridgehead atoms. The minimum atomic E-state index is -0.689. The summed E-state index contributed by atoms with van der Waals surface area (Å²) in [6.45, 7) is 1.80. The van der Waals surface area contributed by atoms with E-state index in [0.717, 1.165) is 22.3 Å². The normalized spacial score (nSPS) is 13.8. The molecule has 0 saturated heterocycles. The van der Waals surface area contributed by atoms with Crippen molar-refractivity contribution in [2.24, 2.45) is 0 Å². The third-order valence-electron chi connectivity index (χ3n) is 4.40. The minimum absolute atomic E-state index is 0.436. The number of hydrogen-bond donors (Lipinski definition) is 0. The Morgan fingerprint density at radius 3 is 2.04 bits per heavy atom. The Morgan fingerprint density at radius 2 is 1.58 bits per heavy atom. The molecule has 124 valence electrons. The second-order valence-corrected chi connectivity index (χ2v) is 6.15. The van der Waals surface area contributed by atoms with Crippen LogP contribution >= 0.6 is 11.6 Å². The number of fused-ring (bicyclic) bond motifs is 3. The molecule has 1 amide bonds. The van der Waals surface area contributed by atoms with Gasteiger partial charge in [0.25, 0.3) is 0 Å². The predicted molar refractivity (Wildman–Crippen MR) is 92.9 cm³/mol. The molecule has 1 aliphatic carbocycles. The van der Waals surface area contributed by atoms with E-state index in [1.54, 1.807) is 6.92 Å².